The van der Waals surface area contributed by atoms with Gasteiger partial charge in [-0.05, 0) is 31.5 Å². The molecule has 3 N–H and O–H groups in total. The number of aryl methyl sites for hydroxylation is 1. The zero-order valence-electron chi connectivity index (χ0n) is 11.3. The average Bonchev–Trinajstić information content (AvgIpc) is 2.84. The minimum Gasteiger partial charge on any atom is -0.387 e. The molecule has 2 heterocycles. The lowest BCUT2D eigenvalue weighted by molar-refractivity contribution is 0.0562. The van der Waals surface area contributed by atoms with E-state index in [1.807, 2.05) is 6.07 Å². The molecule has 0 saturated carbocycles. The van der Waals surface area contributed by atoms with Crippen LogP contribution in [0.5, 0.6) is 0 Å². The second kappa shape index (κ2) is 6.12. The van der Waals surface area contributed by atoms with E-state index in [4.69, 9.17) is 0 Å². The molecule has 0 spiro atoms. The van der Waals surface area contributed by atoms with E-state index < -0.39 is 5.60 Å². The molecule has 0 radical (unpaired) electrons. The van der Waals surface area contributed by atoms with Gasteiger partial charge in [-0.15, -0.1) is 0 Å². The van der Waals surface area contributed by atoms with Crippen LogP contribution in [0.3, 0.4) is 0 Å². The lowest BCUT2D eigenvalue weighted by Gasteiger charge is -2.21. The van der Waals surface area contributed by atoms with E-state index in [0.717, 1.165) is 25.1 Å². The van der Waals surface area contributed by atoms with E-state index >= 15 is 0 Å². The molecular weight excluding hydrogens is 242 g/mol. The molecule has 5 nitrogen and oxygen atoms in total. The summed E-state index contributed by atoms with van der Waals surface area (Å²) in [7, 11) is 0. The van der Waals surface area contributed by atoms with Gasteiger partial charge in [-0.2, -0.15) is 0 Å². The molecule has 1 saturated heterocycles. The van der Waals surface area contributed by atoms with Crippen LogP contribution < -0.4 is 10.6 Å². The fourth-order valence-corrected chi connectivity index (χ4v) is 2.24. The molecule has 5 heteroatoms. The number of hydrogen-bond acceptors (Lipinski definition) is 4. The van der Waals surface area contributed by atoms with E-state index in [0.29, 0.717) is 18.5 Å². The predicted molar refractivity (Wildman–Crippen MR) is 73.0 cm³/mol. The number of β-amino-alcohol motifs (C(OH)–C–C–N with tert-alkyl or cyclic N) is 1. The van der Waals surface area contributed by atoms with Gasteiger partial charge in [0.05, 0.1) is 5.60 Å². The Bertz CT molecular complexity index is 442. The van der Waals surface area contributed by atoms with Crippen LogP contribution in [-0.2, 0) is 6.42 Å². The summed E-state index contributed by atoms with van der Waals surface area (Å²) in [6, 6.07) is 3.52. The van der Waals surface area contributed by atoms with Crippen molar-refractivity contribution in [1.82, 2.24) is 15.6 Å². The van der Waals surface area contributed by atoms with Crippen LogP contribution in [0.15, 0.2) is 18.3 Å². The second-order valence-corrected chi connectivity index (χ2v) is 5.12. The van der Waals surface area contributed by atoms with Crippen molar-refractivity contribution in [2.75, 3.05) is 19.6 Å². The van der Waals surface area contributed by atoms with Crippen molar-refractivity contribution >= 4 is 5.91 Å². The molecule has 0 aliphatic carbocycles. The quantitative estimate of drug-likeness (QED) is 0.723. The topological polar surface area (TPSA) is 74.2 Å². The Morgan fingerprint density at radius 3 is 3.16 bits per heavy atom. The lowest BCUT2D eigenvalue weighted by Crippen LogP contribution is -2.44. The third-order valence-corrected chi connectivity index (χ3v) is 3.38. The monoisotopic (exact) mass is 263 g/mol. The molecule has 104 valence electrons. The summed E-state index contributed by atoms with van der Waals surface area (Å²) in [5.41, 5.74) is 0.721. The molecule has 1 atom stereocenters. The largest absolute Gasteiger partial charge is 0.387 e. The Hall–Kier alpha value is -1.46. The van der Waals surface area contributed by atoms with Crippen LogP contribution in [0, 0.1) is 0 Å². The van der Waals surface area contributed by atoms with Gasteiger partial charge in [0.15, 0.2) is 0 Å². The first-order valence-corrected chi connectivity index (χ1v) is 6.79. The number of carbonyl (C=O) groups is 1. The molecule has 0 unspecified atom stereocenters. The minimum absolute atomic E-state index is 0.153. The van der Waals surface area contributed by atoms with Gasteiger partial charge in [0.25, 0.3) is 5.91 Å². The van der Waals surface area contributed by atoms with Crippen LogP contribution >= 0.6 is 0 Å². The van der Waals surface area contributed by atoms with Crippen LogP contribution in [0.25, 0.3) is 0 Å². The van der Waals surface area contributed by atoms with Gasteiger partial charge >= 0.3 is 0 Å². The molecule has 19 heavy (non-hydrogen) atoms. The Labute approximate surface area is 113 Å². The fourth-order valence-electron chi connectivity index (χ4n) is 2.24. The summed E-state index contributed by atoms with van der Waals surface area (Å²) in [6.07, 6.45) is 4.20. The molecule has 1 aromatic heterocycles. The smallest absolute Gasteiger partial charge is 0.251 e. The highest BCUT2D eigenvalue weighted by Gasteiger charge is 2.31. The fraction of sp³-hybridized carbons (Fsp3) is 0.571. The summed E-state index contributed by atoms with van der Waals surface area (Å²) in [6.45, 7) is 3.69. The number of pyridine rings is 1. The minimum atomic E-state index is -0.811. The van der Waals surface area contributed by atoms with Crippen molar-refractivity contribution in [3.63, 3.8) is 0 Å². The molecule has 1 aromatic rings. The number of rotatable bonds is 5. The Kier molecular flexibility index (Phi) is 4.50. The maximum absolute atomic E-state index is 12.0. The van der Waals surface area contributed by atoms with Crippen molar-refractivity contribution in [2.24, 2.45) is 0 Å². The molecular formula is C14H21N3O2. The van der Waals surface area contributed by atoms with E-state index in [1.54, 1.807) is 12.3 Å². The van der Waals surface area contributed by atoms with E-state index in [-0.39, 0.29) is 12.5 Å². The normalized spacial score (nSPS) is 22.4. The number of aliphatic hydroxyl groups is 1. The van der Waals surface area contributed by atoms with Gasteiger partial charge in [-0.3, -0.25) is 9.78 Å². The Morgan fingerprint density at radius 2 is 2.47 bits per heavy atom. The third kappa shape index (κ3) is 3.75. The average molecular weight is 263 g/mol. The maximum Gasteiger partial charge on any atom is 0.251 e. The number of nitrogens with one attached hydrogen (secondary N) is 2. The van der Waals surface area contributed by atoms with Gasteiger partial charge in [-0.1, -0.05) is 13.3 Å². The van der Waals surface area contributed by atoms with Crippen LogP contribution in [-0.4, -0.2) is 41.2 Å². The number of amides is 1. The first kappa shape index (κ1) is 14.0. The molecule has 2 rings (SSSR count). The summed E-state index contributed by atoms with van der Waals surface area (Å²) in [5.74, 6) is -0.153. The summed E-state index contributed by atoms with van der Waals surface area (Å²) >= 11 is 0. The van der Waals surface area contributed by atoms with Crippen molar-refractivity contribution in [3.05, 3.63) is 29.6 Å². The second-order valence-electron chi connectivity index (χ2n) is 5.12. The standard InChI is InChI=1S/C14H21N3O2/c1-2-3-12-8-11(4-6-16-12)13(18)17-10-14(19)5-7-15-9-14/h4,6,8,15,19H,2-3,5,7,9-10H2,1H3,(H,17,18)/t14-/m0/s1. The number of carbonyl (C=O) groups excluding carboxylic acids is 1. The Morgan fingerprint density at radius 1 is 1.63 bits per heavy atom. The molecule has 0 bridgehead atoms. The molecule has 1 amide bonds. The van der Waals surface area contributed by atoms with E-state index in [1.165, 1.54) is 0 Å². The predicted octanol–water partition coefficient (Wildman–Crippen LogP) is 0.488. The van der Waals surface area contributed by atoms with E-state index in [9.17, 15) is 9.90 Å². The highest BCUT2D eigenvalue weighted by Crippen LogP contribution is 2.13. The summed E-state index contributed by atoms with van der Waals surface area (Å²) in [4.78, 5) is 16.3. The van der Waals surface area contributed by atoms with Crippen molar-refractivity contribution in [1.29, 1.82) is 0 Å². The number of aromatic nitrogens is 1. The van der Waals surface area contributed by atoms with Gasteiger partial charge in [-0.25, -0.2) is 0 Å². The van der Waals surface area contributed by atoms with Gasteiger partial charge in [0.1, 0.15) is 0 Å². The van der Waals surface area contributed by atoms with Gasteiger partial charge in [0, 0.05) is 30.5 Å². The van der Waals surface area contributed by atoms with Gasteiger partial charge < -0.3 is 15.7 Å². The zero-order valence-corrected chi connectivity index (χ0v) is 11.3. The third-order valence-electron chi connectivity index (χ3n) is 3.38. The highest BCUT2D eigenvalue weighted by molar-refractivity contribution is 5.94. The lowest BCUT2D eigenvalue weighted by atomic mass is 10.0. The maximum atomic E-state index is 12.0. The first-order valence-electron chi connectivity index (χ1n) is 6.79. The number of nitrogens with zero attached hydrogens (tertiary/aromatic N) is 1. The highest BCUT2D eigenvalue weighted by atomic mass is 16.3. The van der Waals surface area contributed by atoms with E-state index in [2.05, 4.69) is 22.5 Å². The summed E-state index contributed by atoms with van der Waals surface area (Å²) < 4.78 is 0. The summed E-state index contributed by atoms with van der Waals surface area (Å²) in [5, 5.41) is 16.0. The molecule has 1 fully saturated rings. The van der Waals surface area contributed by atoms with Crippen LogP contribution in [0.4, 0.5) is 0 Å². The number of hydrogen-bond donors (Lipinski definition) is 3. The first-order chi connectivity index (χ1) is 9.13. The zero-order chi connectivity index (χ0) is 13.7. The van der Waals surface area contributed by atoms with Crippen LogP contribution in [0.1, 0.15) is 35.8 Å². The van der Waals surface area contributed by atoms with Crippen molar-refractivity contribution in [2.45, 2.75) is 31.8 Å². The Balaban J connectivity index is 1.93. The SMILES string of the molecule is CCCc1cc(C(=O)NC[C@]2(O)CCNC2)ccn1. The molecule has 1 aliphatic heterocycles. The van der Waals surface area contributed by atoms with Gasteiger partial charge in [0.2, 0.25) is 0 Å². The molecule has 0 aromatic carbocycles. The van der Waals surface area contributed by atoms with Crippen molar-refractivity contribution < 1.29 is 9.90 Å². The molecule has 1 aliphatic rings. The van der Waals surface area contributed by atoms with Crippen LogP contribution in [0.2, 0.25) is 0 Å². The van der Waals surface area contributed by atoms with Crippen molar-refractivity contribution in [3.8, 4) is 0 Å².